The first-order chi connectivity index (χ1) is 12.2. The van der Waals surface area contributed by atoms with Crippen LogP contribution in [0.1, 0.15) is 23.0 Å². The van der Waals surface area contributed by atoms with E-state index in [4.69, 9.17) is 0 Å². The van der Waals surface area contributed by atoms with E-state index in [1.165, 1.54) is 22.5 Å². The van der Waals surface area contributed by atoms with E-state index in [2.05, 4.69) is 10.3 Å². The molecule has 1 fully saturated rings. The number of benzene rings is 1. The molecule has 1 N–H and O–H groups in total. The smallest absolute Gasteiger partial charge is 0.337 e. The Morgan fingerprint density at radius 2 is 2.04 bits per heavy atom. The van der Waals surface area contributed by atoms with Crippen LogP contribution in [0.3, 0.4) is 0 Å². The molecule has 1 aromatic heterocycles. The molecule has 26 heavy (non-hydrogen) atoms. The second-order valence-corrected chi connectivity index (χ2v) is 8.06. The highest BCUT2D eigenvalue weighted by atomic mass is 32.2. The number of imidazole rings is 1. The summed E-state index contributed by atoms with van der Waals surface area (Å²) in [7, 11) is -2.22. The number of piperazine rings is 1. The molecule has 1 atom stereocenters. The van der Waals surface area contributed by atoms with Crippen molar-refractivity contribution in [3.63, 3.8) is 0 Å². The standard InChI is InChI=1S/C16H19F3N4O2S/c1-22-8-7-21-15(22)14-10-20-6-9-23(14)26(24,25)11-12-4-2-3-5-13(12)16(17,18)19/h2-5,7-8,14,20H,6,9-11H2,1H3. The summed E-state index contributed by atoms with van der Waals surface area (Å²) in [4.78, 5) is 4.20. The van der Waals surface area contributed by atoms with E-state index < -0.39 is 33.6 Å². The Hall–Kier alpha value is -1.91. The second kappa shape index (κ2) is 7.01. The topological polar surface area (TPSA) is 67.2 Å². The van der Waals surface area contributed by atoms with Crippen molar-refractivity contribution < 1.29 is 21.6 Å². The summed E-state index contributed by atoms with van der Waals surface area (Å²) in [6, 6.07) is 4.21. The zero-order valence-electron chi connectivity index (χ0n) is 14.1. The van der Waals surface area contributed by atoms with Gasteiger partial charge in [-0.25, -0.2) is 13.4 Å². The molecule has 0 radical (unpaired) electrons. The van der Waals surface area contributed by atoms with Crippen molar-refractivity contribution in [2.75, 3.05) is 19.6 Å². The van der Waals surface area contributed by atoms with Crippen molar-refractivity contribution in [3.05, 3.63) is 53.6 Å². The zero-order valence-corrected chi connectivity index (χ0v) is 14.9. The summed E-state index contributed by atoms with van der Waals surface area (Å²) in [5.74, 6) is -0.159. The number of halogens is 3. The summed E-state index contributed by atoms with van der Waals surface area (Å²) in [6.45, 7) is 0.958. The quantitative estimate of drug-likeness (QED) is 0.869. The number of sulfonamides is 1. The van der Waals surface area contributed by atoms with Crippen LogP contribution in [-0.2, 0) is 29.0 Å². The van der Waals surface area contributed by atoms with Crippen LogP contribution in [-0.4, -0.2) is 41.9 Å². The maximum atomic E-state index is 13.2. The Kier molecular flexibility index (Phi) is 5.09. The van der Waals surface area contributed by atoms with E-state index in [1.807, 2.05) is 0 Å². The van der Waals surface area contributed by atoms with Crippen molar-refractivity contribution >= 4 is 10.0 Å². The number of aromatic nitrogens is 2. The van der Waals surface area contributed by atoms with Gasteiger partial charge < -0.3 is 9.88 Å². The maximum absolute atomic E-state index is 13.2. The lowest BCUT2D eigenvalue weighted by molar-refractivity contribution is -0.138. The lowest BCUT2D eigenvalue weighted by Crippen LogP contribution is -2.49. The minimum absolute atomic E-state index is 0.175. The van der Waals surface area contributed by atoms with Gasteiger partial charge in [0.25, 0.3) is 0 Å². The number of nitrogens with one attached hydrogen (secondary N) is 1. The first kappa shape index (κ1) is 18.9. The molecule has 0 saturated carbocycles. The third-order valence-electron chi connectivity index (χ3n) is 4.37. The minimum Gasteiger partial charge on any atom is -0.337 e. The lowest BCUT2D eigenvalue weighted by atomic mass is 10.1. The fourth-order valence-corrected chi connectivity index (χ4v) is 4.88. The molecule has 3 rings (SSSR count). The third-order valence-corrected chi connectivity index (χ3v) is 6.20. The first-order valence-electron chi connectivity index (χ1n) is 8.03. The molecular weight excluding hydrogens is 369 g/mol. The van der Waals surface area contributed by atoms with Gasteiger partial charge in [0.1, 0.15) is 5.82 Å². The van der Waals surface area contributed by atoms with E-state index >= 15 is 0 Å². The van der Waals surface area contributed by atoms with Gasteiger partial charge in [0.15, 0.2) is 0 Å². The van der Waals surface area contributed by atoms with Gasteiger partial charge in [0.05, 0.1) is 17.4 Å². The largest absolute Gasteiger partial charge is 0.416 e. The van der Waals surface area contributed by atoms with Crippen LogP contribution in [0.25, 0.3) is 0 Å². The normalized spacial score (nSPS) is 19.6. The van der Waals surface area contributed by atoms with Crippen molar-refractivity contribution in [1.29, 1.82) is 0 Å². The molecule has 0 bridgehead atoms. The molecule has 2 heterocycles. The molecule has 0 aliphatic carbocycles. The monoisotopic (exact) mass is 388 g/mol. The van der Waals surface area contributed by atoms with Gasteiger partial charge in [-0.1, -0.05) is 18.2 Å². The molecule has 0 spiro atoms. The molecule has 1 aliphatic heterocycles. The van der Waals surface area contributed by atoms with Crippen LogP contribution in [0.4, 0.5) is 13.2 Å². The fourth-order valence-electron chi connectivity index (χ4n) is 3.14. The summed E-state index contributed by atoms with van der Waals surface area (Å²) in [6.07, 6.45) is -1.34. The number of alkyl halides is 3. The van der Waals surface area contributed by atoms with Gasteiger partial charge in [-0.3, -0.25) is 0 Å². The summed E-state index contributed by atoms with van der Waals surface area (Å²) in [5.41, 5.74) is -1.18. The average Bonchev–Trinajstić information content (AvgIpc) is 3.00. The second-order valence-electron chi connectivity index (χ2n) is 6.14. The van der Waals surface area contributed by atoms with Crippen LogP contribution < -0.4 is 5.32 Å². The third kappa shape index (κ3) is 3.76. The predicted octanol–water partition coefficient (Wildman–Crippen LogP) is 1.92. The molecule has 10 heteroatoms. The molecule has 1 saturated heterocycles. The van der Waals surface area contributed by atoms with Gasteiger partial charge in [0.2, 0.25) is 10.0 Å². The van der Waals surface area contributed by atoms with E-state index in [1.54, 1.807) is 24.0 Å². The molecule has 2 aromatic rings. The molecule has 0 amide bonds. The van der Waals surface area contributed by atoms with Crippen molar-refractivity contribution in [1.82, 2.24) is 19.2 Å². The Bertz CT molecular complexity index is 880. The van der Waals surface area contributed by atoms with Crippen molar-refractivity contribution in [3.8, 4) is 0 Å². The highest BCUT2D eigenvalue weighted by Gasteiger charge is 2.38. The lowest BCUT2D eigenvalue weighted by Gasteiger charge is -2.34. The van der Waals surface area contributed by atoms with E-state index in [0.29, 0.717) is 18.9 Å². The highest BCUT2D eigenvalue weighted by Crippen LogP contribution is 2.34. The van der Waals surface area contributed by atoms with Gasteiger partial charge in [-0.15, -0.1) is 0 Å². The number of aryl methyl sites for hydroxylation is 1. The van der Waals surface area contributed by atoms with E-state index in [9.17, 15) is 21.6 Å². The van der Waals surface area contributed by atoms with Crippen molar-refractivity contribution in [2.24, 2.45) is 7.05 Å². The minimum atomic E-state index is -4.60. The SMILES string of the molecule is Cn1ccnc1C1CNCCN1S(=O)(=O)Cc1ccccc1C(F)(F)F. The van der Waals surface area contributed by atoms with E-state index in [-0.39, 0.29) is 12.1 Å². The predicted molar refractivity (Wildman–Crippen MR) is 89.6 cm³/mol. The van der Waals surface area contributed by atoms with E-state index in [0.717, 1.165) is 6.07 Å². The van der Waals surface area contributed by atoms with Crippen LogP contribution in [0.15, 0.2) is 36.7 Å². The van der Waals surface area contributed by atoms with Gasteiger partial charge in [-0.2, -0.15) is 17.5 Å². The average molecular weight is 388 g/mol. The summed E-state index contributed by atoms with van der Waals surface area (Å²) in [5, 5.41) is 3.11. The molecular formula is C16H19F3N4O2S. The molecule has 1 aromatic carbocycles. The Balaban J connectivity index is 1.94. The van der Waals surface area contributed by atoms with Crippen LogP contribution in [0.2, 0.25) is 0 Å². The Morgan fingerprint density at radius 3 is 2.69 bits per heavy atom. The van der Waals surface area contributed by atoms with Crippen LogP contribution in [0.5, 0.6) is 0 Å². The van der Waals surface area contributed by atoms with Gasteiger partial charge >= 0.3 is 6.18 Å². The number of nitrogens with zero attached hydrogens (tertiary/aromatic N) is 3. The highest BCUT2D eigenvalue weighted by molar-refractivity contribution is 7.88. The molecule has 142 valence electrons. The number of rotatable bonds is 4. The maximum Gasteiger partial charge on any atom is 0.416 e. The summed E-state index contributed by atoms with van der Waals surface area (Å²) >= 11 is 0. The van der Waals surface area contributed by atoms with Crippen LogP contribution >= 0.6 is 0 Å². The van der Waals surface area contributed by atoms with Crippen LogP contribution in [0, 0.1) is 0 Å². The van der Waals surface area contributed by atoms with Gasteiger partial charge in [-0.05, 0) is 11.6 Å². The Morgan fingerprint density at radius 1 is 1.31 bits per heavy atom. The molecule has 6 nitrogen and oxygen atoms in total. The van der Waals surface area contributed by atoms with Crippen molar-refractivity contribution in [2.45, 2.75) is 18.0 Å². The zero-order chi connectivity index (χ0) is 18.9. The molecule has 1 unspecified atom stereocenters. The number of hydrogen-bond acceptors (Lipinski definition) is 4. The fraction of sp³-hybridized carbons (Fsp3) is 0.438. The Labute approximate surface area is 149 Å². The summed E-state index contributed by atoms with van der Waals surface area (Å²) < 4.78 is 68.4. The number of hydrogen-bond donors (Lipinski definition) is 1. The molecule has 1 aliphatic rings. The van der Waals surface area contributed by atoms with Gasteiger partial charge in [0, 0.05) is 39.1 Å². The first-order valence-corrected chi connectivity index (χ1v) is 9.63.